The molecule has 0 aliphatic carbocycles. The smallest absolute Gasteiger partial charge is 0.179 e. The summed E-state index contributed by atoms with van der Waals surface area (Å²) in [5.74, 6) is 1.04. The summed E-state index contributed by atoms with van der Waals surface area (Å²) < 4.78 is 11.0. The Morgan fingerprint density at radius 3 is 2.55 bits per heavy atom. The lowest BCUT2D eigenvalue weighted by molar-refractivity contribution is 0.284. The van der Waals surface area contributed by atoms with Crippen molar-refractivity contribution in [1.82, 2.24) is 0 Å². The first-order valence-corrected chi connectivity index (χ1v) is 6.53. The molecule has 0 amide bonds. The Hall–Kier alpha value is -2.18. The molecule has 0 spiro atoms. The van der Waals surface area contributed by atoms with E-state index in [1.807, 2.05) is 30.3 Å². The van der Waals surface area contributed by atoms with Crippen molar-refractivity contribution in [2.45, 2.75) is 13.0 Å². The number of ether oxygens (including phenoxy) is 2. The molecule has 3 nitrogen and oxygen atoms in total. The molecule has 0 heterocycles. The van der Waals surface area contributed by atoms with Crippen molar-refractivity contribution in [1.29, 1.82) is 5.26 Å². The van der Waals surface area contributed by atoms with E-state index in [1.54, 1.807) is 12.1 Å². The summed E-state index contributed by atoms with van der Waals surface area (Å²) in [6.45, 7) is 0.436. The highest BCUT2D eigenvalue weighted by molar-refractivity contribution is 6.33. The first-order valence-electron chi connectivity index (χ1n) is 6.15. The molecule has 0 aliphatic rings. The Bertz CT molecular complexity index is 620. The van der Waals surface area contributed by atoms with Gasteiger partial charge < -0.3 is 9.47 Å². The lowest BCUT2D eigenvalue weighted by Gasteiger charge is -2.13. The quantitative estimate of drug-likeness (QED) is 0.835. The van der Waals surface area contributed by atoms with Gasteiger partial charge in [-0.2, -0.15) is 5.26 Å². The normalized spacial score (nSPS) is 9.85. The van der Waals surface area contributed by atoms with E-state index in [4.69, 9.17) is 26.3 Å². The maximum atomic E-state index is 8.75. The zero-order valence-electron chi connectivity index (χ0n) is 11.1. The number of nitriles is 1. The molecule has 2 aromatic carbocycles. The van der Waals surface area contributed by atoms with E-state index in [1.165, 1.54) is 7.11 Å². The number of halogens is 1. The van der Waals surface area contributed by atoms with Crippen LogP contribution >= 0.6 is 11.6 Å². The van der Waals surface area contributed by atoms with Crippen LogP contribution in [-0.2, 0) is 13.0 Å². The van der Waals surface area contributed by atoms with Crippen LogP contribution < -0.4 is 9.47 Å². The number of hydrogen-bond acceptors (Lipinski definition) is 3. The monoisotopic (exact) mass is 287 g/mol. The van der Waals surface area contributed by atoms with Crippen LogP contribution in [0, 0.1) is 11.3 Å². The molecular formula is C16H14ClNO2. The van der Waals surface area contributed by atoms with Crippen molar-refractivity contribution in [3.63, 3.8) is 0 Å². The van der Waals surface area contributed by atoms with Gasteiger partial charge in [0.25, 0.3) is 0 Å². The van der Waals surface area contributed by atoms with Crippen LogP contribution in [-0.4, -0.2) is 7.11 Å². The van der Waals surface area contributed by atoms with Gasteiger partial charge in [-0.05, 0) is 17.2 Å². The summed E-state index contributed by atoms with van der Waals surface area (Å²) in [6.07, 6.45) is 0.244. The van der Waals surface area contributed by atoms with Gasteiger partial charge in [0.1, 0.15) is 6.61 Å². The largest absolute Gasteiger partial charge is 0.491 e. The van der Waals surface area contributed by atoms with E-state index in [2.05, 4.69) is 6.07 Å². The molecule has 20 heavy (non-hydrogen) atoms. The van der Waals surface area contributed by atoms with Crippen molar-refractivity contribution in [3.8, 4) is 17.6 Å². The average molecular weight is 288 g/mol. The summed E-state index contributed by atoms with van der Waals surface area (Å²) in [5, 5.41) is 9.18. The van der Waals surface area contributed by atoms with Crippen molar-refractivity contribution in [2.24, 2.45) is 0 Å². The van der Waals surface area contributed by atoms with Crippen molar-refractivity contribution >= 4 is 11.6 Å². The highest BCUT2D eigenvalue weighted by atomic mass is 35.5. The van der Waals surface area contributed by atoms with Gasteiger partial charge in [-0.25, -0.2) is 0 Å². The van der Waals surface area contributed by atoms with Crippen LogP contribution in [0.4, 0.5) is 0 Å². The molecular weight excluding hydrogens is 274 g/mol. The lowest BCUT2D eigenvalue weighted by atomic mass is 10.1. The van der Waals surface area contributed by atoms with Crippen molar-refractivity contribution in [3.05, 3.63) is 58.6 Å². The minimum atomic E-state index is 0.244. The van der Waals surface area contributed by atoms with Gasteiger partial charge in [-0.3, -0.25) is 0 Å². The number of benzene rings is 2. The molecule has 0 aliphatic heterocycles. The second kappa shape index (κ2) is 6.83. The number of rotatable bonds is 5. The van der Waals surface area contributed by atoms with Gasteiger partial charge >= 0.3 is 0 Å². The summed E-state index contributed by atoms with van der Waals surface area (Å²) in [4.78, 5) is 0. The second-order valence-corrected chi connectivity index (χ2v) is 4.56. The minimum Gasteiger partial charge on any atom is -0.491 e. The third kappa shape index (κ3) is 3.23. The molecule has 2 aromatic rings. The summed E-state index contributed by atoms with van der Waals surface area (Å²) >= 11 is 6.22. The number of nitrogens with zero attached hydrogens (tertiary/aromatic N) is 1. The minimum absolute atomic E-state index is 0.244. The predicted molar refractivity (Wildman–Crippen MR) is 78.1 cm³/mol. The Morgan fingerprint density at radius 1 is 1.15 bits per heavy atom. The summed E-state index contributed by atoms with van der Waals surface area (Å²) in [7, 11) is 1.53. The maximum absolute atomic E-state index is 8.75. The van der Waals surface area contributed by atoms with Crippen LogP contribution in [0.2, 0.25) is 5.02 Å². The first-order chi connectivity index (χ1) is 9.76. The van der Waals surface area contributed by atoms with Crippen LogP contribution in [0.3, 0.4) is 0 Å². The zero-order chi connectivity index (χ0) is 14.4. The SMILES string of the molecule is COc1c(OCc2ccccc2)ccc(CC#N)c1Cl. The molecule has 0 fully saturated rings. The van der Waals surface area contributed by atoms with E-state index in [0.717, 1.165) is 11.1 Å². The van der Waals surface area contributed by atoms with Gasteiger partial charge in [-0.1, -0.05) is 48.0 Å². The Kier molecular flexibility index (Phi) is 4.86. The zero-order valence-corrected chi connectivity index (χ0v) is 11.9. The second-order valence-electron chi connectivity index (χ2n) is 4.18. The van der Waals surface area contributed by atoms with E-state index in [0.29, 0.717) is 23.1 Å². The van der Waals surface area contributed by atoms with E-state index < -0.39 is 0 Å². The fourth-order valence-electron chi connectivity index (χ4n) is 1.84. The predicted octanol–water partition coefficient (Wildman–Crippen LogP) is 3.99. The number of methoxy groups -OCH3 is 1. The number of hydrogen-bond donors (Lipinski definition) is 0. The topological polar surface area (TPSA) is 42.2 Å². The van der Waals surface area contributed by atoms with Crippen LogP contribution in [0.1, 0.15) is 11.1 Å². The fourth-order valence-corrected chi connectivity index (χ4v) is 2.14. The molecule has 0 saturated carbocycles. The molecule has 2 rings (SSSR count). The average Bonchev–Trinajstić information content (AvgIpc) is 2.49. The van der Waals surface area contributed by atoms with Crippen LogP contribution in [0.15, 0.2) is 42.5 Å². The van der Waals surface area contributed by atoms with Crippen LogP contribution in [0.5, 0.6) is 11.5 Å². The molecule has 0 radical (unpaired) electrons. The molecule has 0 aromatic heterocycles. The first kappa shape index (κ1) is 14.2. The molecule has 0 bridgehead atoms. The highest BCUT2D eigenvalue weighted by Gasteiger charge is 2.13. The van der Waals surface area contributed by atoms with E-state index >= 15 is 0 Å². The molecule has 0 unspecified atom stereocenters. The van der Waals surface area contributed by atoms with Crippen molar-refractivity contribution in [2.75, 3.05) is 7.11 Å². The molecule has 102 valence electrons. The standard InChI is InChI=1S/C16H14ClNO2/c1-19-16-14(8-7-13(9-10-18)15(16)17)20-11-12-5-3-2-4-6-12/h2-8H,9,11H2,1H3. The summed E-state index contributed by atoms with van der Waals surface area (Å²) in [6, 6.07) is 15.5. The molecule has 4 heteroatoms. The lowest BCUT2D eigenvalue weighted by Crippen LogP contribution is -1.99. The van der Waals surface area contributed by atoms with Gasteiger partial charge in [0.05, 0.1) is 24.6 Å². The van der Waals surface area contributed by atoms with Gasteiger partial charge in [0.15, 0.2) is 11.5 Å². The van der Waals surface area contributed by atoms with Gasteiger partial charge in [-0.15, -0.1) is 0 Å². The third-order valence-electron chi connectivity index (χ3n) is 2.85. The maximum Gasteiger partial charge on any atom is 0.179 e. The Labute approximate surface area is 123 Å². The van der Waals surface area contributed by atoms with Crippen molar-refractivity contribution < 1.29 is 9.47 Å². The Morgan fingerprint density at radius 2 is 1.90 bits per heavy atom. The Balaban J connectivity index is 2.20. The molecule has 0 N–H and O–H groups in total. The highest BCUT2D eigenvalue weighted by Crippen LogP contribution is 2.38. The molecule has 0 saturated heterocycles. The van der Waals surface area contributed by atoms with Gasteiger partial charge in [0, 0.05) is 0 Å². The third-order valence-corrected chi connectivity index (χ3v) is 3.27. The summed E-state index contributed by atoms with van der Waals surface area (Å²) in [5.41, 5.74) is 1.80. The van der Waals surface area contributed by atoms with Gasteiger partial charge in [0.2, 0.25) is 0 Å². The van der Waals surface area contributed by atoms with E-state index in [9.17, 15) is 0 Å². The van der Waals surface area contributed by atoms with Crippen LogP contribution in [0.25, 0.3) is 0 Å². The molecule has 0 atom stereocenters. The van der Waals surface area contributed by atoms with E-state index in [-0.39, 0.29) is 6.42 Å². The fraction of sp³-hybridized carbons (Fsp3) is 0.188.